The number of methoxy groups -OCH3 is 1. The van der Waals surface area contributed by atoms with E-state index in [2.05, 4.69) is 31.2 Å². The standard InChI is InChI=1S/C44H60O8S2/c1-32-37(18-11-12-23-47-28-33-14-7-5-8-15-33)51-43(2,3)52-40(32)27-44(53-24-13-25-54-44)42(45)39-26-38(48-29-34-16-9-6-10-17-34)41(31-50-39)49-30-35-19-21-36(46-4)22-20-35/h5-10,14-17,19-22,32,37-42,45H,11-13,18,23-31H2,1-4H3/t32-,37+,38+,39+,40-,41-,42-/m0/s1. The lowest BCUT2D eigenvalue weighted by atomic mass is 9.87. The highest BCUT2D eigenvalue weighted by molar-refractivity contribution is 8.18. The smallest absolute Gasteiger partial charge is 0.163 e. The summed E-state index contributed by atoms with van der Waals surface area (Å²) in [5.41, 5.74) is 3.36. The van der Waals surface area contributed by atoms with Gasteiger partial charge in [0.25, 0.3) is 0 Å². The monoisotopic (exact) mass is 780 g/mol. The zero-order chi connectivity index (χ0) is 37.8. The Labute approximate surface area is 331 Å². The van der Waals surface area contributed by atoms with Crippen molar-refractivity contribution in [3.63, 3.8) is 0 Å². The maximum Gasteiger partial charge on any atom is 0.163 e. The van der Waals surface area contributed by atoms with Crippen LogP contribution in [0.5, 0.6) is 5.75 Å². The van der Waals surface area contributed by atoms with E-state index in [0.717, 1.165) is 60.7 Å². The molecule has 0 spiro atoms. The Morgan fingerprint density at radius 3 is 2.06 bits per heavy atom. The van der Waals surface area contributed by atoms with E-state index in [0.29, 0.717) is 39.3 Å². The van der Waals surface area contributed by atoms with Gasteiger partial charge in [0.1, 0.15) is 18.0 Å². The molecule has 3 aromatic rings. The molecule has 0 bridgehead atoms. The van der Waals surface area contributed by atoms with Crippen LogP contribution in [-0.2, 0) is 48.2 Å². The summed E-state index contributed by atoms with van der Waals surface area (Å²) in [6, 6.07) is 28.5. The molecule has 0 unspecified atom stereocenters. The second-order valence-corrected chi connectivity index (χ2v) is 18.4. The molecule has 3 aliphatic rings. The van der Waals surface area contributed by atoms with E-state index in [-0.39, 0.29) is 30.3 Å². The summed E-state index contributed by atoms with van der Waals surface area (Å²) in [7, 11) is 1.67. The summed E-state index contributed by atoms with van der Waals surface area (Å²) < 4.78 is 43.7. The van der Waals surface area contributed by atoms with Crippen LogP contribution in [0.4, 0.5) is 0 Å². The molecule has 3 saturated heterocycles. The van der Waals surface area contributed by atoms with Crippen molar-refractivity contribution in [1.29, 1.82) is 0 Å². The number of benzene rings is 3. The molecular weight excluding hydrogens is 721 g/mol. The van der Waals surface area contributed by atoms with Crippen LogP contribution in [0.2, 0.25) is 0 Å². The number of aliphatic hydroxyl groups is 1. The van der Waals surface area contributed by atoms with Crippen molar-refractivity contribution in [2.75, 3.05) is 31.8 Å². The van der Waals surface area contributed by atoms with Crippen LogP contribution in [0.3, 0.4) is 0 Å². The first-order valence-corrected chi connectivity index (χ1v) is 21.7. The first-order valence-electron chi connectivity index (χ1n) is 19.7. The Balaban J connectivity index is 1.09. The van der Waals surface area contributed by atoms with Crippen LogP contribution in [0.15, 0.2) is 84.9 Å². The Morgan fingerprint density at radius 2 is 1.39 bits per heavy atom. The molecule has 0 aliphatic carbocycles. The SMILES string of the molecule is COc1ccc(CO[C@H]2CO[C@@H]([C@H](O)C3(C[C@@H]4OC(C)(C)O[C@H](CCCCOCc5ccccc5)[C@@H]4C)SCCCS3)C[C@H]2OCc2ccccc2)cc1. The van der Waals surface area contributed by atoms with Crippen molar-refractivity contribution in [3.05, 3.63) is 102 Å². The van der Waals surface area contributed by atoms with E-state index < -0.39 is 22.1 Å². The predicted octanol–water partition coefficient (Wildman–Crippen LogP) is 8.82. The van der Waals surface area contributed by atoms with Gasteiger partial charge < -0.3 is 38.3 Å². The average molecular weight is 781 g/mol. The third-order valence-electron chi connectivity index (χ3n) is 10.7. The topological polar surface area (TPSA) is 84.8 Å². The minimum Gasteiger partial charge on any atom is -0.497 e. The van der Waals surface area contributed by atoms with E-state index in [9.17, 15) is 5.11 Å². The van der Waals surface area contributed by atoms with E-state index in [1.165, 1.54) is 5.56 Å². The Hall–Kier alpha value is -2.12. The third-order valence-corrected chi connectivity index (χ3v) is 14.2. The summed E-state index contributed by atoms with van der Waals surface area (Å²) in [6.45, 7) is 8.92. The number of unbranched alkanes of at least 4 members (excludes halogenated alkanes) is 1. The van der Waals surface area contributed by atoms with Crippen molar-refractivity contribution in [3.8, 4) is 5.75 Å². The lowest BCUT2D eigenvalue weighted by Gasteiger charge is -2.51. The molecule has 0 aromatic heterocycles. The molecule has 3 aromatic carbocycles. The highest BCUT2D eigenvalue weighted by atomic mass is 32.2. The Morgan fingerprint density at radius 1 is 0.778 bits per heavy atom. The van der Waals surface area contributed by atoms with Crippen molar-refractivity contribution in [2.24, 2.45) is 5.92 Å². The fourth-order valence-corrected chi connectivity index (χ4v) is 11.2. The quantitative estimate of drug-likeness (QED) is 0.127. The van der Waals surface area contributed by atoms with Gasteiger partial charge in [-0.15, -0.1) is 23.5 Å². The lowest BCUT2D eigenvalue weighted by Crippen LogP contribution is -2.57. The Bertz CT molecular complexity index is 1500. The second kappa shape index (κ2) is 20.3. The van der Waals surface area contributed by atoms with E-state index in [4.69, 9.17) is 33.2 Å². The van der Waals surface area contributed by atoms with Crippen molar-refractivity contribution in [2.45, 2.75) is 126 Å². The molecule has 1 N–H and O–H groups in total. The third kappa shape index (κ3) is 11.7. The van der Waals surface area contributed by atoms with Gasteiger partial charge in [-0.05, 0) is 79.9 Å². The van der Waals surface area contributed by atoms with Gasteiger partial charge in [0, 0.05) is 25.4 Å². The molecule has 3 fully saturated rings. The summed E-state index contributed by atoms with van der Waals surface area (Å²) in [6.07, 6.45) is 3.65. The molecule has 0 saturated carbocycles. The molecule has 0 amide bonds. The molecule has 6 rings (SSSR count). The first-order chi connectivity index (χ1) is 26.2. The van der Waals surface area contributed by atoms with Crippen LogP contribution >= 0.6 is 23.5 Å². The lowest BCUT2D eigenvalue weighted by molar-refractivity contribution is -0.321. The molecule has 7 atom stereocenters. The molecule has 0 radical (unpaired) electrons. The van der Waals surface area contributed by atoms with Crippen LogP contribution in [0.25, 0.3) is 0 Å². The highest BCUT2D eigenvalue weighted by Gasteiger charge is 2.52. The van der Waals surface area contributed by atoms with Crippen LogP contribution in [0, 0.1) is 5.92 Å². The molecule has 3 aliphatic heterocycles. The fourth-order valence-electron chi connectivity index (χ4n) is 7.67. The summed E-state index contributed by atoms with van der Waals surface area (Å²) in [5.74, 6) is 2.25. The summed E-state index contributed by atoms with van der Waals surface area (Å²) >= 11 is 3.74. The number of hydrogen-bond acceptors (Lipinski definition) is 10. The normalized spacial score (nSPS) is 27.3. The van der Waals surface area contributed by atoms with Gasteiger partial charge in [-0.1, -0.05) is 79.7 Å². The number of thioether (sulfide) groups is 2. The summed E-state index contributed by atoms with van der Waals surface area (Å²) in [5, 5.41) is 12.4. The van der Waals surface area contributed by atoms with Crippen LogP contribution in [-0.4, -0.2) is 83.4 Å². The average Bonchev–Trinajstić information content (AvgIpc) is 3.20. The van der Waals surface area contributed by atoms with E-state index in [1.807, 2.05) is 98.0 Å². The number of aliphatic hydroxyl groups excluding tert-OH is 1. The highest BCUT2D eigenvalue weighted by Crippen LogP contribution is 2.52. The van der Waals surface area contributed by atoms with Crippen LogP contribution < -0.4 is 4.74 Å². The van der Waals surface area contributed by atoms with Crippen molar-refractivity contribution < 1.29 is 38.3 Å². The van der Waals surface area contributed by atoms with E-state index >= 15 is 0 Å². The number of hydrogen-bond donors (Lipinski definition) is 1. The van der Waals surface area contributed by atoms with Gasteiger partial charge in [-0.2, -0.15) is 0 Å². The minimum absolute atomic E-state index is 0.0611. The van der Waals surface area contributed by atoms with Gasteiger partial charge in [0.05, 0.1) is 62.0 Å². The van der Waals surface area contributed by atoms with Gasteiger partial charge >= 0.3 is 0 Å². The maximum atomic E-state index is 12.4. The zero-order valence-electron chi connectivity index (χ0n) is 32.4. The first kappa shape index (κ1) is 41.5. The Kier molecular flexibility index (Phi) is 15.6. The van der Waals surface area contributed by atoms with Gasteiger partial charge in [0.15, 0.2) is 5.79 Å². The van der Waals surface area contributed by atoms with Crippen molar-refractivity contribution >= 4 is 23.5 Å². The second-order valence-electron chi connectivity index (χ2n) is 15.3. The van der Waals surface area contributed by atoms with Crippen LogP contribution in [0.1, 0.15) is 76.0 Å². The summed E-state index contributed by atoms with van der Waals surface area (Å²) in [4.78, 5) is 0. The largest absolute Gasteiger partial charge is 0.497 e. The number of ether oxygens (including phenoxy) is 7. The van der Waals surface area contributed by atoms with Gasteiger partial charge in [-0.25, -0.2) is 0 Å². The zero-order valence-corrected chi connectivity index (χ0v) is 34.1. The minimum atomic E-state index is -0.722. The van der Waals surface area contributed by atoms with Gasteiger partial charge in [-0.3, -0.25) is 0 Å². The maximum absolute atomic E-state index is 12.4. The molecule has 54 heavy (non-hydrogen) atoms. The van der Waals surface area contributed by atoms with E-state index in [1.54, 1.807) is 7.11 Å². The molecular formula is C44H60O8S2. The molecule has 3 heterocycles. The fraction of sp³-hybridized carbons (Fsp3) is 0.591. The predicted molar refractivity (Wildman–Crippen MR) is 217 cm³/mol. The number of rotatable bonds is 18. The van der Waals surface area contributed by atoms with Gasteiger partial charge in [0.2, 0.25) is 0 Å². The molecule has 296 valence electrons. The molecule has 8 nitrogen and oxygen atoms in total. The molecule has 10 heteroatoms. The van der Waals surface area contributed by atoms with Crippen molar-refractivity contribution in [1.82, 2.24) is 0 Å².